The van der Waals surface area contributed by atoms with E-state index in [1.807, 2.05) is 0 Å². The summed E-state index contributed by atoms with van der Waals surface area (Å²) in [6.45, 7) is 14.1. The molecular weight excluding hydrogens is 304 g/mol. The molecule has 0 amide bonds. The molecule has 2 nitrogen and oxygen atoms in total. The van der Waals surface area contributed by atoms with Gasteiger partial charge in [-0.05, 0) is 43.4 Å². The van der Waals surface area contributed by atoms with Crippen molar-refractivity contribution in [2.75, 3.05) is 0 Å². The fourth-order valence-electron chi connectivity index (χ4n) is 3.81. The van der Waals surface area contributed by atoms with E-state index in [2.05, 4.69) is 70.1 Å². The first-order valence-electron chi connectivity index (χ1n) is 10.8. The van der Waals surface area contributed by atoms with E-state index >= 15 is 0 Å². The summed E-state index contributed by atoms with van der Waals surface area (Å²) >= 11 is 0. The first-order valence-corrected chi connectivity index (χ1v) is 10.8. The number of nitrogens with zero attached hydrogens (tertiary/aromatic N) is 2. The highest BCUT2D eigenvalue weighted by Crippen LogP contribution is 2.27. The number of aryl methyl sites for hydroxylation is 1. The Bertz CT molecular complexity index is 459. The largest absolute Gasteiger partial charge is 0.253 e. The van der Waals surface area contributed by atoms with E-state index in [0.717, 1.165) is 17.8 Å². The molecule has 2 heteroatoms. The van der Waals surface area contributed by atoms with E-state index in [4.69, 9.17) is 0 Å². The molecule has 25 heavy (non-hydrogen) atoms. The van der Waals surface area contributed by atoms with E-state index in [9.17, 15) is 0 Å². The summed E-state index contributed by atoms with van der Waals surface area (Å²) in [5.74, 6) is 3.94. The molecule has 0 aromatic carbocycles. The molecule has 0 aliphatic heterocycles. The van der Waals surface area contributed by atoms with Crippen LogP contribution in [0.1, 0.15) is 104 Å². The SMILES string of the molecule is Cc1n(C(CCCCC(C)C)CCC(C)CCCC(C)C)cc[n+]1C. The van der Waals surface area contributed by atoms with Gasteiger partial charge in [0.25, 0.3) is 5.82 Å². The van der Waals surface area contributed by atoms with Crippen molar-refractivity contribution in [2.45, 2.75) is 105 Å². The maximum Gasteiger partial charge on any atom is 0.253 e. The molecule has 0 saturated carbocycles. The van der Waals surface area contributed by atoms with Gasteiger partial charge in [0.2, 0.25) is 0 Å². The van der Waals surface area contributed by atoms with Crippen LogP contribution >= 0.6 is 0 Å². The number of hydrogen-bond acceptors (Lipinski definition) is 0. The van der Waals surface area contributed by atoms with Crippen molar-refractivity contribution in [3.63, 3.8) is 0 Å². The fourth-order valence-corrected chi connectivity index (χ4v) is 3.81. The van der Waals surface area contributed by atoms with Crippen molar-refractivity contribution in [1.29, 1.82) is 0 Å². The summed E-state index contributed by atoms with van der Waals surface area (Å²) in [5, 5.41) is 0. The maximum atomic E-state index is 2.54. The number of imidazole rings is 1. The van der Waals surface area contributed by atoms with Gasteiger partial charge < -0.3 is 0 Å². The number of rotatable bonds is 13. The molecule has 0 spiro atoms. The molecule has 0 aliphatic rings. The number of hydrogen-bond donors (Lipinski definition) is 0. The highest BCUT2D eigenvalue weighted by Gasteiger charge is 2.21. The van der Waals surface area contributed by atoms with Gasteiger partial charge in [0.1, 0.15) is 18.4 Å². The van der Waals surface area contributed by atoms with E-state index in [1.165, 1.54) is 63.6 Å². The summed E-state index contributed by atoms with van der Waals surface area (Å²) in [5.41, 5.74) is 0. The van der Waals surface area contributed by atoms with Gasteiger partial charge in [0.05, 0.1) is 7.05 Å². The minimum atomic E-state index is 0.681. The first kappa shape index (κ1) is 22.3. The lowest BCUT2D eigenvalue weighted by Gasteiger charge is -2.19. The molecule has 1 aromatic heterocycles. The van der Waals surface area contributed by atoms with Crippen LogP contribution in [0.4, 0.5) is 0 Å². The van der Waals surface area contributed by atoms with Crippen LogP contribution in [-0.2, 0) is 7.05 Å². The van der Waals surface area contributed by atoms with Crippen LogP contribution in [0.15, 0.2) is 12.4 Å². The quantitative estimate of drug-likeness (QED) is 0.279. The van der Waals surface area contributed by atoms with Gasteiger partial charge in [0.15, 0.2) is 0 Å². The second-order valence-electron chi connectivity index (χ2n) is 9.20. The lowest BCUT2D eigenvalue weighted by molar-refractivity contribution is -0.677. The molecule has 1 heterocycles. The Labute approximate surface area is 158 Å². The average Bonchev–Trinajstić information content (AvgIpc) is 2.86. The van der Waals surface area contributed by atoms with Crippen molar-refractivity contribution in [3.8, 4) is 0 Å². The molecule has 2 atom stereocenters. The van der Waals surface area contributed by atoms with E-state index in [0.29, 0.717) is 6.04 Å². The third kappa shape index (κ3) is 8.92. The van der Waals surface area contributed by atoms with Gasteiger partial charge in [-0.1, -0.05) is 66.7 Å². The van der Waals surface area contributed by atoms with Crippen molar-refractivity contribution in [3.05, 3.63) is 18.2 Å². The molecule has 0 saturated heterocycles. The van der Waals surface area contributed by atoms with Gasteiger partial charge in [-0.2, -0.15) is 0 Å². The maximum absolute atomic E-state index is 2.54. The Morgan fingerprint density at radius 2 is 1.40 bits per heavy atom. The van der Waals surface area contributed by atoms with Crippen molar-refractivity contribution in [2.24, 2.45) is 24.8 Å². The van der Waals surface area contributed by atoms with Crippen LogP contribution in [0.2, 0.25) is 0 Å². The topological polar surface area (TPSA) is 8.81 Å². The van der Waals surface area contributed by atoms with Crippen LogP contribution in [0, 0.1) is 24.7 Å². The predicted molar refractivity (Wildman–Crippen MR) is 110 cm³/mol. The normalized spacial score (nSPS) is 14.4. The highest BCUT2D eigenvalue weighted by atomic mass is 15.1. The summed E-state index contributed by atoms with van der Waals surface area (Å²) in [6.07, 6.45) is 16.8. The standard InChI is InChI=1S/C23H45N2/c1-19(2)11-8-9-14-23(25-18-17-24(7)22(25)6)16-15-21(5)13-10-12-20(3)4/h17-21,23H,8-16H2,1-7H3/q+1. The lowest BCUT2D eigenvalue weighted by Crippen LogP contribution is -2.30. The van der Waals surface area contributed by atoms with Crippen LogP contribution in [0.5, 0.6) is 0 Å². The smallest absolute Gasteiger partial charge is 0.237 e. The van der Waals surface area contributed by atoms with Crippen LogP contribution < -0.4 is 4.57 Å². The second-order valence-corrected chi connectivity index (χ2v) is 9.20. The summed E-state index contributed by atoms with van der Waals surface area (Å²) in [4.78, 5) is 0. The minimum absolute atomic E-state index is 0.681. The lowest BCUT2D eigenvalue weighted by atomic mass is 9.92. The fraction of sp³-hybridized carbons (Fsp3) is 0.870. The average molecular weight is 350 g/mol. The molecule has 0 aliphatic carbocycles. The molecule has 1 rings (SSSR count). The zero-order chi connectivity index (χ0) is 18.8. The Morgan fingerprint density at radius 3 is 1.96 bits per heavy atom. The molecule has 146 valence electrons. The van der Waals surface area contributed by atoms with E-state index in [1.54, 1.807) is 0 Å². The van der Waals surface area contributed by atoms with Crippen LogP contribution in [0.3, 0.4) is 0 Å². The van der Waals surface area contributed by atoms with Crippen molar-refractivity contribution in [1.82, 2.24) is 4.57 Å². The van der Waals surface area contributed by atoms with Crippen LogP contribution in [0.25, 0.3) is 0 Å². The highest BCUT2D eigenvalue weighted by molar-refractivity contribution is 4.85. The zero-order valence-electron chi connectivity index (χ0n) is 18.2. The Balaban J connectivity index is 2.51. The van der Waals surface area contributed by atoms with Gasteiger partial charge >= 0.3 is 0 Å². The second kappa shape index (κ2) is 11.8. The zero-order valence-corrected chi connectivity index (χ0v) is 18.2. The molecule has 0 fully saturated rings. The molecule has 2 unspecified atom stereocenters. The van der Waals surface area contributed by atoms with Crippen molar-refractivity contribution < 1.29 is 4.57 Å². The predicted octanol–water partition coefficient (Wildman–Crippen LogP) is 6.62. The third-order valence-electron chi connectivity index (χ3n) is 5.77. The monoisotopic (exact) mass is 349 g/mol. The summed E-state index contributed by atoms with van der Waals surface area (Å²) < 4.78 is 4.80. The molecular formula is C23H45N2+. The van der Waals surface area contributed by atoms with Gasteiger partial charge in [-0.25, -0.2) is 9.13 Å². The molecule has 1 aromatic rings. The minimum Gasteiger partial charge on any atom is -0.237 e. The number of aromatic nitrogens is 2. The van der Waals surface area contributed by atoms with Gasteiger partial charge in [0, 0.05) is 6.92 Å². The first-order chi connectivity index (χ1) is 11.8. The van der Waals surface area contributed by atoms with Crippen LogP contribution in [-0.4, -0.2) is 4.57 Å². The van der Waals surface area contributed by atoms with Crippen molar-refractivity contribution >= 4 is 0 Å². The summed E-state index contributed by atoms with van der Waals surface area (Å²) in [6, 6.07) is 0.681. The van der Waals surface area contributed by atoms with E-state index < -0.39 is 0 Å². The molecule has 0 radical (unpaired) electrons. The third-order valence-corrected chi connectivity index (χ3v) is 5.77. The number of unbranched alkanes of at least 4 members (excludes halogenated alkanes) is 1. The van der Waals surface area contributed by atoms with E-state index in [-0.39, 0.29) is 0 Å². The Hall–Kier alpha value is -0.790. The Kier molecular flexibility index (Phi) is 10.5. The van der Waals surface area contributed by atoms with Gasteiger partial charge in [-0.3, -0.25) is 0 Å². The molecule has 0 bridgehead atoms. The van der Waals surface area contributed by atoms with Gasteiger partial charge in [-0.15, -0.1) is 0 Å². The molecule has 0 N–H and O–H groups in total. The Morgan fingerprint density at radius 1 is 0.800 bits per heavy atom. The summed E-state index contributed by atoms with van der Waals surface area (Å²) in [7, 11) is 2.16.